The van der Waals surface area contributed by atoms with Crippen molar-refractivity contribution in [1.29, 1.82) is 0 Å². The molecule has 1 heterocycles. The highest BCUT2D eigenvalue weighted by Crippen LogP contribution is 2.33. The van der Waals surface area contributed by atoms with Crippen LogP contribution in [0, 0.1) is 0 Å². The third kappa shape index (κ3) is 3.69. The average Bonchev–Trinajstić information content (AvgIpc) is 2.98. The number of methoxy groups -OCH3 is 1. The summed E-state index contributed by atoms with van der Waals surface area (Å²) >= 11 is 0. The molecule has 0 spiro atoms. The lowest BCUT2D eigenvalue weighted by Gasteiger charge is -2.26. The van der Waals surface area contributed by atoms with Crippen molar-refractivity contribution in [3.8, 4) is 5.75 Å². The molecule has 1 atom stereocenters. The van der Waals surface area contributed by atoms with Crippen molar-refractivity contribution >= 4 is 17.8 Å². The molecule has 1 saturated heterocycles. The zero-order chi connectivity index (χ0) is 20.1. The minimum atomic E-state index is -1.18. The van der Waals surface area contributed by atoms with E-state index in [4.69, 9.17) is 4.74 Å². The maximum Gasteiger partial charge on any atom is 0.325 e. The van der Waals surface area contributed by atoms with Crippen LogP contribution in [0.1, 0.15) is 24.5 Å². The smallest absolute Gasteiger partial charge is 0.325 e. The molecule has 0 aromatic heterocycles. The van der Waals surface area contributed by atoms with Crippen LogP contribution in [-0.4, -0.2) is 36.4 Å². The molecule has 1 unspecified atom stereocenters. The SMILES string of the molecule is CCC1(c2ccc(OC)cc2)NC(=O)N(CC(=O)NCc2ccccc2)C1=O. The second-order valence-corrected chi connectivity index (χ2v) is 6.57. The second kappa shape index (κ2) is 8.12. The van der Waals surface area contributed by atoms with Gasteiger partial charge in [-0.15, -0.1) is 0 Å². The van der Waals surface area contributed by atoms with Crippen LogP contribution in [0.2, 0.25) is 0 Å². The van der Waals surface area contributed by atoms with Gasteiger partial charge in [-0.05, 0) is 29.7 Å². The van der Waals surface area contributed by atoms with Gasteiger partial charge < -0.3 is 15.4 Å². The maximum absolute atomic E-state index is 13.1. The van der Waals surface area contributed by atoms with Gasteiger partial charge in [-0.2, -0.15) is 0 Å². The van der Waals surface area contributed by atoms with Crippen LogP contribution in [0.15, 0.2) is 54.6 Å². The van der Waals surface area contributed by atoms with E-state index in [1.165, 1.54) is 0 Å². The van der Waals surface area contributed by atoms with Gasteiger partial charge in [-0.3, -0.25) is 14.5 Å². The Bertz CT molecular complexity index is 867. The van der Waals surface area contributed by atoms with Crippen LogP contribution < -0.4 is 15.4 Å². The lowest BCUT2D eigenvalue weighted by atomic mass is 9.87. The zero-order valence-electron chi connectivity index (χ0n) is 15.9. The number of amides is 4. The van der Waals surface area contributed by atoms with E-state index in [-0.39, 0.29) is 6.54 Å². The lowest BCUT2D eigenvalue weighted by molar-refractivity contribution is -0.135. The number of nitrogens with one attached hydrogen (secondary N) is 2. The summed E-state index contributed by atoms with van der Waals surface area (Å²) in [5.41, 5.74) is 0.416. The van der Waals surface area contributed by atoms with Gasteiger partial charge >= 0.3 is 6.03 Å². The third-order valence-electron chi connectivity index (χ3n) is 4.92. The molecule has 146 valence electrons. The Morgan fingerprint density at radius 3 is 2.39 bits per heavy atom. The number of carbonyl (C=O) groups excluding carboxylic acids is 3. The highest BCUT2D eigenvalue weighted by molar-refractivity contribution is 6.09. The summed E-state index contributed by atoms with van der Waals surface area (Å²) in [5.74, 6) is -0.169. The molecule has 0 radical (unpaired) electrons. The van der Waals surface area contributed by atoms with Crippen LogP contribution in [0.4, 0.5) is 4.79 Å². The van der Waals surface area contributed by atoms with Gasteiger partial charge in [0, 0.05) is 6.54 Å². The summed E-state index contributed by atoms with van der Waals surface area (Å²) in [5, 5.41) is 5.50. The van der Waals surface area contributed by atoms with E-state index in [0.717, 1.165) is 10.5 Å². The van der Waals surface area contributed by atoms with Gasteiger partial charge in [-0.1, -0.05) is 49.4 Å². The molecule has 0 saturated carbocycles. The number of nitrogens with zero attached hydrogens (tertiary/aromatic N) is 1. The normalized spacial score (nSPS) is 18.7. The fourth-order valence-electron chi connectivity index (χ4n) is 3.28. The van der Waals surface area contributed by atoms with Crippen molar-refractivity contribution in [2.75, 3.05) is 13.7 Å². The van der Waals surface area contributed by atoms with Gasteiger partial charge in [-0.25, -0.2) is 4.79 Å². The molecule has 1 aliphatic heterocycles. The summed E-state index contributed by atoms with van der Waals surface area (Å²) in [6.45, 7) is 1.83. The van der Waals surface area contributed by atoms with Gasteiger partial charge in [0.1, 0.15) is 17.8 Å². The standard InChI is InChI=1S/C21H23N3O4/c1-3-21(16-9-11-17(28-2)12-10-16)19(26)24(20(27)23-21)14-18(25)22-13-15-7-5-4-6-8-15/h4-12H,3,13-14H2,1-2H3,(H,22,25)(H,23,27). The quantitative estimate of drug-likeness (QED) is 0.720. The molecule has 28 heavy (non-hydrogen) atoms. The molecule has 7 heteroatoms. The molecule has 7 nitrogen and oxygen atoms in total. The highest BCUT2D eigenvalue weighted by Gasteiger charge is 2.51. The van der Waals surface area contributed by atoms with Gasteiger partial charge in [0.2, 0.25) is 5.91 Å². The number of hydrogen-bond donors (Lipinski definition) is 2. The fraction of sp³-hybridized carbons (Fsp3) is 0.286. The van der Waals surface area contributed by atoms with Crippen molar-refractivity contribution in [3.05, 3.63) is 65.7 Å². The number of urea groups is 1. The molecule has 2 aromatic carbocycles. The number of imide groups is 1. The van der Waals surface area contributed by atoms with Crippen molar-refractivity contribution in [1.82, 2.24) is 15.5 Å². The van der Waals surface area contributed by atoms with Crippen molar-refractivity contribution in [3.63, 3.8) is 0 Å². The molecule has 2 N–H and O–H groups in total. The summed E-state index contributed by atoms with van der Waals surface area (Å²) < 4.78 is 5.15. The molecule has 4 amide bonds. The van der Waals surface area contributed by atoms with Crippen molar-refractivity contribution in [2.24, 2.45) is 0 Å². The first-order valence-electron chi connectivity index (χ1n) is 9.09. The second-order valence-electron chi connectivity index (χ2n) is 6.57. The summed E-state index contributed by atoms with van der Waals surface area (Å²) in [6.07, 6.45) is 0.367. The van der Waals surface area contributed by atoms with Crippen LogP contribution >= 0.6 is 0 Å². The number of benzene rings is 2. The molecule has 1 fully saturated rings. The molecular formula is C21H23N3O4. The average molecular weight is 381 g/mol. The van der Waals surface area contributed by atoms with Gasteiger partial charge in [0.15, 0.2) is 0 Å². The predicted octanol–water partition coefficient (Wildman–Crippen LogP) is 2.17. The monoisotopic (exact) mass is 381 g/mol. The molecular weight excluding hydrogens is 358 g/mol. The topological polar surface area (TPSA) is 87.7 Å². The highest BCUT2D eigenvalue weighted by atomic mass is 16.5. The van der Waals surface area contributed by atoms with Crippen LogP contribution in [0.3, 0.4) is 0 Å². The predicted molar refractivity (Wildman–Crippen MR) is 103 cm³/mol. The Morgan fingerprint density at radius 2 is 1.79 bits per heavy atom. The Kier molecular flexibility index (Phi) is 5.63. The van der Waals surface area contributed by atoms with E-state index < -0.39 is 23.4 Å². The molecule has 1 aliphatic rings. The van der Waals surface area contributed by atoms with Crippen molar-refractivity contribution in [2.45, 2.75) is 25.4 Å². The first-order valence-corrected chi connectivity index (χ1v) is 9.09. The molecule has 0 aliphatic carbocycles. The minimum Gasteiger partial charge on any atom is -0.497 e. The van der Waals surface area contributed by atoms with Crippen LogP contribution in [0.5, 0.6) is 5.75 Å². The summed E-state index contributed by atoms with van der Waals surface area (Å²) in [7, 11) is 1.56. The lowest BCUT2D eigenvalue weighted by Crippen LogP contribution is -2.44. The van der Waals surface area contributed by atoms with E-state index in [1.54, 1.807) is 31.4 Å². The Balaban J connectivity index is 1.71. The summed E-state index contributed by atoms with van der Waals surface area (Å²) in [6, 6.07) is 15.8. The van der Waals surface area contributed by atoms with Gasteiger partial charge in [0.05, 0.1) is 7.11 Å². The van der Waals surface area contributed by atoms with Crippen molar-refractivity contribution < 1.29 is 19.1 Å². The number of carbonyl (C=O) groups is 3. The van der Waals surface area contributed by atoms with E-state index in [9.17, 15) is 14.4 Å². The Labute approximate surface area is 163 Å². The molecule has 3 rings (SSSR count). The Morgan fingerprint density at radius 1 is 1.11 bits per heavy atom. The first kappa shape index (κ1) is 19.4. The Hall–Kier alpha value is -3.35. The van der Waals surface area contributed by atoms with Crippen LogP contribution in [0.25, 0.3) is 0 Å². The third-order valence-corrected chi connectivity index (χ3v) is 4.92. The fourth-order valence-corrected chi connectivity index (χ4v) is 3.28. The molecule has 0 bridgehead atoms. The largest absolute Gasteiger partial charge is 0.497 e. The van der Waals surface area contributed by atoms with E-state index >= 15 is 0 Å². The van der Waals surface area contributed by atoms with Gasteiger partial charge in [0.25, 0.3) is 5.91 Å². The van der Waals surface area contributed by atoms with Crippen LogP contribution in [-0.2, 0) is 21.7 Å². The van der Waals surface area contributed by atoms with E-state index in [1.807, 2.05) is 37.3 Å². The number of rotatable bonds is 7. The first-order chi connectivity index (χ1) is 13.5. The number of ether oxygens (including phenoxy) is 1. The van der Waals surface area contributed by atoms with E-state index in [0.29, 0.717) is 24.3 Å². The zero-order valence-corrected chi connectivity index (χ0v) is 15.9. The minimum absolute atomic E-state index is 0.324. The summed E-state index contributed by atoms with van der Waals surface area (Å²) in [4.78, 5) is 38.8. The van der Waals surface area contributed by atoms with E-state index in [2.05, 4.69) is 10.6 Å². The number of hydrogen-bond acceptors (Lipinski definition) is 4. The maximum atomic E-state index is 13.1. The molecule has 2 aromatic rings.